The normalized spacial score (nSPS) is 14.5. The van der Waals surface area contributed by atoms with Crippen LogP contribution in [0.2, 0.25) is 25.7 Å². The van der Waals surface area contributed by atoms with Gasteiger partial charge in [0.1, 0.15) is 19.1 Å². The van der Waals surface area contributed by atoms with Crippen LogP contribution in [0.25, 0.3) is 22.2 Å². The van der Waals surface area contributed by atoms with Crippen molar-refractivity contribution in [3.8, 4) is 28.8 Å². The molecule has 0 saturated carbocycles. The zero-order valence-electron chi connectivity index (χ0n) is 23.0. The quantitative estimate of drug-likeness (QED) is 0.174. The van der Waals surface area contributed by atoms with Crippen molar-refractivity contribution in [2.24, 2.45) is 0 Å². The Bertz CT molecular complexity index is 1350. The maximum atomic E-state index is 6.03. The third-order valence-electron chi connectivity index (χ3n) is 6.58. The molecule has 1 aliphatic heterocycles. The fourth-order valence-electron chi connectivity index (χ4n) is 4.26. The lowest BCUT2D eigenvalue weighted by Gasteiger charge is -2.26. The largest absolute Gasteiger partial charge is 0.476 e. The lowest BCUT2D eigenvalue weighted by Crippen LogP contribution is -2.38. The first-order valence-corrected chi connectivity index (χ1v) is 17.2. The zero-order valence-corrected chi connectivity index (χ0v) is 24.0. The molecule has 0 amide bonds. The molecule has 206 valence electrons. The number of hydrogen-bond donors (Lipinski definition) is 0. The number of fused-ring (bicyclic) bond motifs is 1. The molecule has 0 radical (unpaired) electrons. The summed E-state index contributed by atoms with van der Waals surface area (Å²) in [7, 11) is -1.12. The molecule has 1 aromatic carbocycles. The number of aromatic nitrogens is 4. The predicted octanol–water partition coefficient (Wildman–Crippen LogP) is 5.31. The van der Waals surface area contributed by atoms with Crippen LogP contribution in [0, 0.1) is 0 Å². The third-order valence-corrected chi connectivity index (χ3v) is 8.28. The summed E-state index contributed by atoms with van der Waals surface area (Å²) < 4.78 is 25.0. The van der Waals surface area contributed by atoms with E-state index in [9.17, 15) is 0 Å². The Balaban J connectivity index is 1.16. The highest BCUT2D eigenvalue weighted by Gasteiger charge is 2.13. The topological polar surface area (TPSA) is 83.8 Å². The van der Waals surface area contributed by atoms with Gasteiger partial charge in [0.05, 0.1) is 24.4 Å². The van der Waals surface area contributed by atoms with E-state index in [1.807, 2.05) is 53.2 Å². The van der Waals surface area contributed by atoms with E-state index in [0.717, 1.165) is 67.7 Å². The van der Waals surface area contributed by atoms with Crippen molar-refractivity contribution in [1.29, 1.82) is 0 Å². The van der Waals surface area contributed by atoms with Gasteiger partial charge in [-0.1, -0.05) is 19.6 Å². The first-order valence-electron chi connectivity index (χ1n) is 13.5. The molecular weight excluding hydrogens is 510 g/mol. The van der Waals surface area contributed by atoms with Crippen LogP contribution >= 0.6 is 0 Å². The SMILES string of the molecule is C[Si](C)(C)CCOCn1nccc1-c1ccc(Oc2ccc3nc(OCCN4CCOCC4)ccc3c2)nc1. The molecule has 0 atom stereocenters. The van der Waals surface area contributed by atoms with Gasteiger partial charge in [0.2, 0.25) is 11.8 Å². The molecule has 4 aromatic rings. The smallest absolute Gasteiger partial charge is 0.219 e. The Hall–Kier alpha value is -3.31. The highest BCUT2D eigenvalue weighted by Crippen LogP contribution is 2.27. The van der Waals surface area contributed by atoms with Crippen molar-refractivity contribution in [3.05, 3.63) is 60.9 Å². The summed E-state index contributed by atoms with van der Waals surface area (Å²) in [5, 5.41) is 5.39. The van der Waals surface area contributed by atoms with E-state index in [0.29, 0.717) is 30.8 Å². The molecule has 10 heteroatoms. The number of rotatable bonds is 12. The molecular formula is C29H37N5O4Si. The second-order valence-corrected chi connectivity index (χ2v) is 16.5. The van der Waals surface area contributed by atoms with Gasteiger partial charge in [0.25, 0.3) is 0 Å². The molecule has 3 aromatic heterocycles. The van der Waals surface area contributed by atoms with Gasteiger partial charge >= 0.3 is 0 Å². The molecule has 5 rings (SSSR count). The molecule has 1 aliphatic rings. The molecule has 0 bridgehead atoms. The van der Waals surface area contributed by atoms with Gasteiger partial charge in [-0.2, -0.15) is 5.10 Å². The van der Waals surface area contributed by atoms with Gasteiger partial charge in [0, 0.05) is 69.8 Å². The van der Waals surface area contributed by atoms with Gasteiger partial charge in [-0.25, -0.2) is 14.6 Å². The molecule has 1 fully saturated rings. The van der Waals surface area contributed by atoms with E-state index in [1.165, 1.54) is 0 Å². The lowest BCUT2D eigenvalue weighted by molar-refractivity contribution is 0.0320. The van der Waals surface area contributed by atoms with Gasteiger partial charge in [-0.15, -0.1) is 0 Å². The number of hydrogen-bond acceptors (Lipinski definition) is 8. The summed E-state index contributed by atoms with van der Waals surface area (Å²) >= 11 is 0. The van der Waals surface area contributed by atoms with Crippen LogP contribution in [0.5, 0.6) is 17.5 Å². The summed E-state index contributed by atoms with van der Waals surface area (Å²) in [6.45, 7) is 13.2. The standard InChI is InChI=1S/C29H37N5O4Si/c1-39(2,3)19-18-36-22-34-27(10-11-31-34)24-5-8-28(30-21-24)38-25-6-7-26-23(20-25)4-9-29(32-26)37-17-14-33-12-15-35-16-13-33/h4-11,20-21H,12-19,22H2,1-3H3. The van der Waals surface area contributed by atoms with Crippen molar-refractivity contribution < 1.29 is 18.9 Å². The van der Waals surface area contributed by atoms with E-state index < -0.39 is 8.07 Å². The summed E-state index contributed by atoms with van der Waals surface area (Å²) in [6, 6.07) is 16.7. The van der Waals surface area contributed by atoms with Crippen LogP contribution in [0.3, 0.4) is 0 Å². The van der Waals surface area contributed by atoms with Gasteiger partial charge in [-0.05, 0) is 42.4 Å². The van der Waals surface area contributed by atoms with E-state index in [-0.39, 0.29) is 0 Å². The van der Waals surface area contributed by atoms with Crippen LogP contribution in [0.4, 0.5) is 0 Å². The van der Waals surface area contributed by atoms with Gasteiger partial charge in [-0.3, -0.25) is 4.90 Å². The fourth-order valence-corrected chi connectivity index (χ4v) is 5.01. The lowest BCUT2D eigenvalue weighted by atomic mass is 10.2. The van der Waals surface area contributed by atoms with Crippen molar-refractivity contribution in [2.75, 3.05) is 46.1 Å². The number of ether oxygens (including phenoxy) is 4. The van der Waals surface area contributed by atoms with Crippen LogP contribution in [-0.4, -0.2) is 78.8 Å². The summed E-state index contributed by atoms with van der Waals surface area (Å²) in [6.07, 6.45) is 3.58. The third kappa shape index (κ3) is 7.86. The van der Waals surface area contributed by atoms with Crippen molar-refractivity contribution in [1.82, 2.24) is 24.6 Å². The van der Waals surface area contributed by atoms with E-state index in [2.05, 4.69) is 39.6 Å². The van der Waals surface area contributed by atoms with Crippen molar-refractivity contribution in [3.63, 3.8) is 0 Å². The Kier molecular flexibility index (Phi) is 8.87. The van der Waals surface area contributed by atoms with E-state index in [1.54, 1.807) is 12.4 Å². The average molecular weight is 548 g/mol. The number of benzene rings is 1. The minimum atomic E-state index is -1.12. The fraction of sp³-hybridized carbons (Fsp3) is 0.414. The monoisotopic (exact) mass is 547 g/mol. The van der Waals surface area contributed by atoms with Crippen LogP contribution < -0.4 is 9.47 Å². The van der Waals surface area contributed by atoms with Crippen LogP contribution in [0.15, 0.2) is 60.9 Å². The second kappa shape index (κ2) is 12.7. The molecule has 0 spiro atoms. The first kappa shape index (κ1) is 27.3. The number of nitrogens with zero attached hydrogens (tertiary/aromatic N) is 5. The summed E-state index contributed by atoms with van der Waals surface area (Å²) in [5.74, 6) is 1.85. The molecule has 0 aliphatic carbocycles. The number of morpholine rings is 1. The Morgan fingerprint density at radius 1 is 0.949 bits per heavy atom. The number of pyridine rings is 2. The molecule has 0 N–H and O–H groups in total. The highest BCUT2D eigenvalue weighted by atomic mass is 28.3. The van der Waals surface area contributed by atoms with E-state index >= 15 is 0 Å². The maximum Gasteiger partial charge on any atom is 0.219 e. The van der Waals surface area contributed by atoms with Gasteiger partial charge < -0.3 is 18.9 Å². The maximum absolute atomic E-state index is 6.03. The molecule has 1 saturated heterocycles. The molecule has 39 heavy (non-hydrogen) atoms. The molecule has 0 unspecified atom stereocenters. The first-order chi connectivity index (χ1) is 18.9. The second-order valence-electron chi connectivity index (χ2n) is 10.9. The van der Waals surface area contributed by atoms with Gasteiger partial charge in [0.15, 0.2) is 0 Å². The molecule has 4 heterocycles. The molecule has 9 nitrogen and oxygen atoms in total. The Morgan fingerprint density at radius 3 is 2.59 bits per heavy atom. The summed E-state index contributed by atoms with van der Waals surface area (Å²) in [4.78, 5) is 11.5. The van der Waals surface area contributed by atoms with Crippen molar-refractivity contribution >= 4 is 19.0 Å². The van der Waals surface area contributed by atoms with Crippen molar-refractivity contribution in [2.45, 2.75) is 32.4 Å². The Labute approximate surface area is 230 Å². The van der Waals surface area contributed by atoms with Crippen LogP contribution in [-0.2, 0) is 16.2 Å². The van der Waals surface area contributed by atoms with Crippen LogP contribution in [0.1, 0.15) is 0 Å². The van der Waals surface area contributed by atoms with E-state index in [4.69, 9.17) is 18.9 Å². The average Bonchev–Trinajstić information content (AvgIpc) is 3.40. The summed E-state index contributed by atoms with van der Waals surface area (Å²) in [5.41, 5.74) is 2.77. The highest BCUT2D eigenvalue weighted by molar-refractivity contribution is 6.76. The predicted molar refractivity (Wildman–Crippen MR) is 154 cm³/mol. The zero-order chi connectivity index (χ0) is 27.1. The Morgan fingerprint density at radius 2 is 1.79 bits per heavy atom. The minimum Gasteiger partial charge on any atom is -0.476 e. The minimum absolute atomic E-state index is 0.427.